The van der Waals surface area contributed by atoms with Crippen LogP contribution in [0.3, 0.4) is 0 Å². The minimum absolute atomic E-state index is 0.0731. The van der Waals surface area contributed by atoms with Crippen LogP contribution in [0.25, 0.3) is 11.4 Å². The summed E-state index contributed by atoms with van der Waals surface area (Å²) in [6, 6.07) is 17.5. The molecule has 1 heterocycles. The second kappa shape index (κ2) is 8.31. The Labute approximate surface area is 158 Å². The molecule has 25 heavy (non-hydrogen) atoms. The molecule has 1 aromatic heterocycles. The van der Waals surface area contributed by atoms with E-state index in [1.807, 2.05) is 61.5 Å². The molecule has 7 heteroatoms. The fraction of sp³-hybridized carbons (Fsp3) is 0.167. The van der Waals surface area contributed by atoms with Gasteiger partial charge in [-0.3, -0.25) is 4.79 Å². The highest BCUT2D eigenvalue weighted by atomic mass is 79.9. The van der Waals surface area contributed by atoms with Crippen molar-refractivity contribution in [2.24, 2.45) is 0 Å². The van der Waals surface area contributed by atoms with Crippen molar-refractivity contribution in [2.75, 3.05) is 0 Å². The van der Waals surface area contributed by atoms with Crippen molar-refractivity contribution in [3.05, 3.63) is 65.0 Å². The molecule has 0 bridgehead atoms. The van der Waals surface area contributed by atoms with Crippen molar-refractivity contribution >= 4 is 33.6 Å². The monoisotopic (exact) mass is 417 g/mol. The van der Waals surface area contributed by atoms with Crippen LogP contribution in [-0.4, -0.2) is 21.3 Å². The number of nitrogens with zero attached hydrogens (tertiary/aromatic N) is 2. The molecule has 0 saturated heterocycles. The van der Waals surface area contributed by atoms with Gasteiger partial charge in [0.25, 0.3) is 0 Å². The molecule has 1 atom stereocenters. The van der Waals surface area contributed by atoms with E-state index in [9.17, 15) is 4.79 Å². The third-order valence-corrected chi connectivity index (χ3v) is 5.00. The molecule has 0 saturated carbocycles. The van der Waals surface area contributed by atoms with Crippen LogP contribution in [0, 0.1) is 0 Å². The van der Waals surface area contributed by atoms with Crippen molar-refractivity contribution in [1.29, 1.82) is 0 Å². The minimum Gasteiger partial charge on any atom is -0.346 e. The van der Waals surface area contributed by atoms with Gasteiger partial charge in [0, 0.05) is 14.9 Å². The van der Waals surface area contributed by atoms with E-state index >= 15 is 0 Å². The van der Waals surface area contributed by atoms with Crippen LogP contribution in [0.2, 0.25) is 0 Å². The normalized spacial score (nSPS) is 11.9. The van der Waals surface area contributed by atoms with Gasteiger partial charge in [0.2, 0.25) is 17.6 Å². The molecule has 3 rings (SSSR count). The lowest BCUT2D eigenvalue weighted by atomic mass is 10.2. The maximum atomic E-state index is 12.2. The number of carbonyl (C=O) groups is 1. The predicted octanol–water partition coefficient (Wildman–Crippen LogP) is 4.30. The Morgan fingerprint density at radius 1 is 1.24 bits per heavy atom. The van der Waals surface area contributed by atoms with Gasteiger partial charge < -0.3 is 9.84 Å². The molecule has 5 nitrogen and oxygen atoms in total. The lowest BCUT2D eigenvalue weighted by Gasteiger charge is -2.10. The van der Waals surface area contributed by atoms with Gasteiger partial charge in [-0.1, -0.05) is 51.4 Å². The second-order valence-electron chi connectivity index (χ2n) is 5.31. The molecule has 128 valence electrons. The van der Waals surface area contributed by atoms with E-state index in [2.05, 4.69) is 31.4 Å². The van der Waals surface area contributed by atoms with Crippen LogP contribution in [0.4, 0.5) is 0 Å². The van der Waals surface area contributed by atoms with Crippen molar-refractivity contribution in [3.8, 4) is 11.4 Å². The standard InChI is InChI=1S/C18H16BrN3O2S/c1-12(25-15-8-3-2-4-9-15)18(23)20-11-16-21-17(22-24-16)13-6-5-7-14(19)10-13/h2-10,12H,11H2,1H3,(H,20,23)/t12-/m0/s1. The smallest absolute Gasteiger partial charge is 0.246 e. The van der Waals surface area contributed by atoms with Crippen molar-refractivity contribution in [3.63, 3.8) is 0 Å². The van der Waals surface area contributed by atoms with E-state index < -0.39 is 0 Å². The van der Waals surface area contributed by atoms with E-state index in [0.717, 1.165) is 14.9 Å². The van der Waals surface area contributed by atoms with E-state index in [1.165, 1.54) is 11.8 Å². The molecule has 0 aliphatic rings. The van der Waals surface area contributed by atoms with Crippen molar-refractivity contribution in [2.45, 2.75) is 23.6 Å². The average molecular weight is 418 g/mol. The first kappa shape index (κ1) is 17.7. The Morgan fingerprint density at radius 2 is 2.04 bits per heavy atom. The summed E-state index contributed by atoms with van der Waals surface area (Å²) < 4.78 is 6.15. The zero-order valence-corrected chi connectivity index (χ0v) is 15.9. The summed E-state index contributed by atoms with van der Waals surface area (Å²) in [6.07, 6.45) is 0. The molecule has 2 aromatic carbocycles. The number of thioether (sulfide) groups is 1. The largest absolute Gasteiger partial charge is 0.346 e. The number of amides is 1. The highest BCUT2D eigenvalue weighted by Gasteiger charge is 2.16. The van der Waals surface area contributed by atoms with E-state index in [-0.39, 0.29) is 17.7 Å². The average Bonchev–Trinajstić information content (AvgIpc) is 3.09. The first-order chi connectivity index (χ1) is 12.1. The Hall–Kier alpha value is -2.12. The molecular formula is C18H16BrN3O2S. The minimum atomic E-state index is -0.213. The maximum absolute atomic E-state index is 12.2. The second-order valence-corrected chi connectivity index (χ2v) is 7.64. The number of benzene rings is 2. The Kier molecular flexibility index (Phi) is 5.88. The molecule has 0 aliphatic carbocycles. The fourth-order valence-corrected chi connectivity index (χ4v) is 3.45. The number of hydrogen-bond acceptors (Lipinski definition) is 5. The van der Waals surface area contributed by atoms with Crippen LogP contribution < -0.4 is 5.32 Å². The Morgan fingerprint density at radius 3 is 2.80 bits per heavy atom. The quantitative estimate of drug-likeness (QED) is 0.605. The zero-order chi connectivity index (χ0) is 17.6. The van der Waals surface area contributed by atoms with Crippen molar-refractivity contribution < 1.29 is 9.32 Å². The summed E-state index contributed by atoms with van der Waals surface area (Å²) in [5.74, 6) is 0.800. The summed E-state index contributed by atoms with van der Waals surface area (Å²) in [5, 5.41) is 6.57. The Balaban J connectivity index is 1.56. The van der Waals surface area contributed by atoms with Crippen LogP contribution in [0.1, 0.15) is 12.8 Å². The fourth-order valence-electron chi connectivity index (χ4n) is 2.13. The van der Waals surface area contributed by atoms with Crippen molar-refractivity contribution in [1.82, 2.24) is 15.5 Å². The third-order valence-electron chi connectivity index (χ3n) is 3.39. The molecular weight excluding hydrogens is 402 g/mol. The molecule has 1 amide bonds. The van der Waals surface area contributed by atoms with E-state index in [4.69, 9.17) is 4.52 Å². The molecule has 0 spiro atoms. The summed E-state index contributed by atoms with van der Waals surface area (Å²) in [5.41, 5.74) is 0.851. The summed E-state index contributed by atoms with van der Waals surface area (Å²) in [6.45, 7) is 2.08. The molecule has 0 aliphatic heterocycles. The van der Waals surface area contributed by atoms with Gasteiger partial charge >= 0.3 is 0 Å². The Bertz CT molecular complexity index is 854. The van der Waals surface area contributed by atoms with Crippen LogP contribution >= 0.6 is 27.7 Å². The molecule has 3 aromatic rings. The first-order valence-electron chi connectivity index (χ1n) is 7.70. The summed E-state index contributed by atoms with van der Waals surface area (Å²) in [7, 11) is 0. The number of aromatic nitrogens is 2. The molecule has 1 N–H and O–H groups in total. The van der Waals surface area contributed by atoms with Crippen LogP contribution in [0.5, 0.6) is 0 Å². The number of hydrogen-bond donors (Lipinski definition) is 1. The highest BCUT2D eigenvalue weighted by molar-refractivity contribution is 9.10. The van der Waals surface area contributed by atoms with Gasteiger partial charge in [-0.05, 0) is 31.2 Å². The maximum Gasteiger partial charge on any atom is 0.246 e. The number of carbonyl (C=O) groups excluding carboxylic acids is 1. The van der Waals surface area contributed by atoms with E-state index in [1.54, 1.807) is 0 Å². The third kappa shape index (κ3) is 4.93. The molecule has 0 fully saturated rings. The predicted molar refractivity (Wildman–Crippen MR) is 101 cm³/mol. The van der Waals surface area contributed by atoms with Gasteiger partial charge in [-0.2, -0.15) is 4.98 Å². The number of rotatable bonds is 6. The SMILES string of the molecule is C[C@H](Sc1ccccc1)C(=O)NCc1nc(-c2cccc(Br)c2)no1. The summed E-state index contributed by atoms with van der Waals surface area (Å²) in [4.78, 5) is 17.6. The highest BCUT2D eigenvalue weighted by Crippen LogP contribution is 2.23. The molecule has 0 unspecified atom stereocenters. The van der Waals surface area contributed by atoms with Crippen LogP contribution in [-0.2, 0) is 11.3 Å². The van der Waals surface area contributed by atoms with Crippen LogP contribution in [0.15, 0.2) is 68.5 Å². The first-order valence-corrected chi connectivity index (χ1v) is 9.37. The van der Waals surface area contributed by atoms with Gasteiger partial charge in [0.05, 0.1) is 11.8 Å². The van der Waals surface area contributed by atoms with Gasteiger partial charge in [-0.25, -0.2) is 0 Å². The van der Waals surface area contributed by atoms with Gasteiger partial charge in [-0.15, -0.1) is 11.8 Å². The number of nitrogens with one attached hydrogen (secondary N) is 1. The molecule has 0 radical (unpaired) electrons. The zero-order valence-electron chi connectivity index (χ0n) is 13.5. The van der Waals surface area contributed by atoms with E-state index in [0.29, 0.717) is 11.7 Å². The lowest BCUT2D eigenvalue weighted by Crippen LogP contribution is -2.30. The van der Waals surface area contributed by atoms with Gasteiger partial charge in [0.15, 0.2) is 0 Å². The lowest BCUT2D eigenvalue weighted by molar-refractivity contribution is -0.120. The topological polar surface area (TPSA) is 68.0 Å². The van der Waals surface area contributed by atoms with Gasteiger partial charge in [0.1, 0.15) is 0 Å². The number of halogens is 1. The summed E-state index contributed by atoms with van der Waals surface area (Å²) >= 11 is 4.92.